The Labute approximate surface area is 133 Å². The summed E-state index contributed by atoms with van der Waals surface area (Å²) in [7, 11) is -4.79. The second-order valence-corrected chi connectivity index (χ2v) is 7.77. The van der Waals surface area contributed by atoms with Crippen LogP contribution in [0.4, 0.5) is 4.79 Å². The Hall–Kier alpha value is -1.43. The van der Waals surface area contributed by atoms with Gasteiger partial charge in [0.25, 0.3) is 5.91 Å². The summed E-state index contributed by atoms with van der Waals surface area (Å²) in [5.41, 5.74) is 5.23. The van der Waals surface area contributed by atoms with Gasteiger partial charge in [0.05, 0.1) is 6.04 Å². The summed E-state index contributed by atoms with van der Waals surface area (Å²) in [6.07, 6.45) is 4.08. The topological polar surface area (TPSA) is 128 Å². The molecule has 3 N–H and O–H groups in total. The zero-order chi connectivity index (χ0) is 16.4. The fraction of sp³-hybridized carbons (Fsp3) is 0.833. The Morgan fingerprint density at radius 2 is 2.04 bits per heavy atom. The van der Waals surface area contributed by atoms with E-state index in [2.05, 4.69) is 15.1 Å². The molecule has 23 heavy (non-hydrogen) atoms. The SMILES string of the molecule is O=C(NNC1CC1)[C@@H]1CC2(CC2)[C@@H]2CN1C(=O)N2OS(=O)(=O)O. The molecule has 3 amide bonds. The summed E-state index contributed by atoms with van der Waals surface area (Å²) in [4.78, 5) is 26.1. The molecule has 0 unspecified atom stereocenters. The molecule has 4 rings (SSSR count). The quantitative estimate of drug-likeness (QED) is 0.437. The molecule has 2 bridgehead atoms. The Kier molecular flexibility index (Phi) is 3.15. The molecule has 2 saturated heterocycles. The fourth-order valence-electron chi connectivity index (χ4n) is 3.53. The monoisotopic (exact) mass is 346 g/mol. The van der Waals surface area contributed by atoms with Crippen molar-refractivity contribution >= 4 is 22.3 Å². The molecule has 11 heteroatoms. The van der Waals surface area contributed by atoms with Gasteiger partial charge in [0.1, 0.15) is 6.04 Å². The standard InChI is InChI=1S/C12H18N4O6S/c17-10(14-13-7-1-2-7)8-5-12(3-4-12)9-6-15(8)11(18)16(9)22-23(19,20)21/h7-9,13H,1-6H2,(H,14,17)(H,19,20,21)/t8-,9-/m0/s1. The molecule has 0 aromatic heterocycles. The third-order valence-corrected chi connectivity index (χ3v) is 5.47. The molecular formula is C12H18N4O6S. The second kappa shape index (κ2) is 4.79. The number of piperidine rings is 1. The minimum atomic E-state index is -4.79. The highest BCUT2D eigenvalue weighted by Crippen LogP contribution is 2.59. The van der Waals surface area contributed by atoms with Gasteiger partial charge in [-0.25, -0.2) is 10.2 Å². The number of nitrogens with zero attached hydrogens (tertiary/aromatic N) is 2. The number of rotatable bonds is 5. The van der Waals surface area contributed by atoms with Gasteiger partial charge in [-0.2, -0.15) is 13.5 Å². The van der Waals surface area contributed by atoms with E-state index < -0.39 is 28.5 Å². The van der Waals surface area contributed by atoms with Crippen LogP contribution < -0.4 is 10.9 Å². The molecule has 10 nitrogen and oxygen atoms in total. The van der Waals surface area contributed by atoms with Gasteiger partial charge in [0.15, 0.2) is 0 Å². The molecule has 4 aliphatic rings. The molecular weight excluding hydrogens is 328 g/mol. The molecule has 2 atom stereocenters. The molecule has 2 heterocycles. The van der Waals surface area contributed by atoms with Gasteiger partial charge in [-0.05, 0) is 37.5 Å². The van der Waals surface area contributed by atoms with E-state index in [1.165, 1.54) is 4.90 Å². The number of carbonyl (C=O) groups is 2. The van der Waals surface area contributed by atoms with Crippen LogP contribution in [0.5, 0.6) is 0 Å². The van der Waals surface area contributed by atoms with Crippen LogP contribution in [0.25, 0.3) is 0 Å². The maximum absolute atomic E-state index is 12.4. The molecule has 4 fully saturated rings. The normalized spacial score (nSPS) is 31.6. The van der Waals surface area contributed by atoms with Crippen LogP contribution in [0.1, 0.15) is 32.1 Å². The molecule has 2 saturated carbocycles. The van der Waals surface area contributed by atoms with Crippen LogP contribution in [0.3, 0.4) is 0 Å². The number of hydrogen-bond acceptors (Lipinski definition) is 6. The molecule has 1 spiro atoms. The van der Waals surface area contributed by atoms with E-state index in [0.29, 0.717) is 17.5 Å². The van der Waals surface area contributed by atoms with Crippen LogP contribution in [-0.4, -0.2) is 59.5 Å². The smallest absolute Gasteiger partial charge is 0.309 e. The molecule has 0 aromatic rings. The van der Waals surface area contributed by atoms with Crippen molar-refractivity contribution in [3.63, 3.8) is 0 Å². The number of fused-ring (bicyclic) bond motifs is 3. The minimum absolute atomic E-state index is 0.218. The molecule has 128 valence electrons. The maximum atomic E-state index is 12.4. The van der Waals surface area contributed by atoms with Crippen molar-refractivity contribution in [2.45, 2.75) is 50.2 Å². The van der Waals surface area contributed by atoms with Crippen molar-refractivity contribution in [2.75, 3.05) is 6.54 Å². The summed E-state index contributed by atoms with van der Waals surface area (Å²) in [5, 5.41) is 0.712. The Morgan fingerprint density at radius 3 is 2.61 bits per heavy atom. The van der Waals surface area contributed by atoms with Crippen LogP contribution in [0.15, 0.2) is 0 Å². The summed E-state index contributed by atoms with van der Waals surface area (Å²) in [6.45, 7) is 0.218. The lowest BCUT2D eigenvalue weighted by molar-refractivity contribution is -0.128. The van der Waals surface area contributed by atoms with Gasteiger partial charge < -0.3 is 4.90 Å². The molecule has 2 aliphatic heterocycles. The van der Waals surface area contributed by atoms with E-state index in [-0.39, 0.29) is 17.9 Å². The van der Waals surface area contributed by atoms with Crippen molar-refractivity contribution in [3.05, 3.63) is 0 Å². The third kappa shape index (κ3) is 2.67. The molecule has 2 aliphatic carbocycles. The number of carbonyl (C=O) groups excluding carboxylic acids is 2. The number of hydrazine groups is 1. The first kappa shape index (κ1) is 15.1. The Balaban J connectivity index is 1.53. The second-order valence-electron chi connectivity index (χ2n) is 6.77. The van der Waals surface area contributed by atoms with Gasteiger partial charge in [0, 0.05) is 12.6 Å². The number of urea groups is 1. The highest BCUT2D eigenvalue weighted by molar-refractivity contribution is 7.80. The number of nitrogens with one attached hydrogen (secondary N) is 2. The molecule has 0 aromatic carbocycles. The Bertz CT molecular complexity index is 658. The van der Waals surface area contributed by atoms with Crippen LogP contribution >= 0.6 is 0 Å². The maximum Gasteiger partial charge on any atom is 0.418 e. The van der Waals surface area contributed by atoms with Gasteiger partial charge in [-0.1, -0.05) is 0 Å². The number of hydroxylamine groups is 2. The van der Waals surface area contributed by atoms with Gasteiger partial charge >= 0.3 is 16.4 Å². The predicted octanol–water partition coefficient (Wildman–Crippen LogP) is -0.837. The van der Waals surface area contributed by atoms with Crippen molar-refractivity contribution in [3.8, 4) is 0 Å². The van der Waals surface area contributed by atoms with Crippen molar-refractivity contribution in [1.82, 2.24) is 20.8 Å². The highest BCUT2D eigenvalue weighted by Gasteiger charge is 2.65. The Morgan fingerprint density at radius 1 is 1.35 bits per heavy atom. The van der Waals surface area contributed by atoms with Crippen molar-refractivity contribution < 1.29 is 26.8 Å². The van der Waals surface area contributed by atoms with E-state index in [1.807, 2.05) is 0 Å². The fourth-order valence-corrected chi connectivity index (χ4v) is 3.90. The average Bonchev–Trinajstić information content (AvgIpc) is 3.37. The largest absolute Gasteiger partial charge is 0.418 e. The first-order chi connectivity index (χ1) is 10.8. The lowest BCUT2D eigenvalue weighted by atomic mass is 9.85. The first-order valence-electron chi connectivity index (χ1n) is 7.61. The van der Waals surface area contributed by atoms with Gasteiger partial charge in [-0.15, -0.1) is 4.28 Å². The van der Waals surface area contributed by atoms with Crippen LogP contribution in [0.2, 0.25) is 0 Å². The van der Waals surface area contributed by atoms with Crippen molar-refractivity contribution in [1.29, 1.82) is 0 Å². The lowest BCUT2D eigenvalue weighted by Gasteiger charge is -2.35. The lowest BCUT2D eigenvalue weighted by Crippen LogP contribution is -2.55. The van der Waals surface area contributed by atoms with Gasteiger partial charge in [-0.3, -0.25) is 14.8 Å². The number of hydrogen-bond donors (Lipinski definition) is 3. The summed E-state index contributed by atoms with van der Waals surface area (Å²) in [6, 6.07) is -1.54. The predicted molar refractivity (Wildman–Crippen MR) is 74.7 cm³/mol. The molecule has 0 radical (unpaired) electrons. The van der Waals surface area contributed by atoms with Crippen LogP contribution in [0, 0.1) is 5.41 Å². The van der Waals surface area contributed by atoms with E-state index in [0.717, 1.165) is 25.7 Å². The summed E-state index contributed by atoms with van der Waals surface area (Å²) < 4.78 is 35.3. The first-order valence-corrected chi connectivity index (χ1v) is 8.98. The minimum Gasteiger partial charge on any atom is -0.309 e. The van der Waals surface area contributed by atoms with Crippen LogP contribution in [-0.2, 0) is 19.5 Å². The van der Waals surface area contributed by atoms with Crippen molar-refractivity contribution in [2.24, 2.45) is 5.41 Å². The highest BCUT2D eigenvalue weighted by atomic mass is 32.3. The zero-order valence-electron chi connectivity index (χ0n) is 12.3. The number of amides is 3. The third-order valence-electron chi connectivity index (χ3n) is 5.12. The summed E-state index contributed by atoms with van der Waals surface area (Å²) in [5.74, 6) is -0.302. The van der Waals surface area contributed by atoms with E-state index in [9.17, 15) is 18.0 Å². The van der Waals surface area contributed by atoms with E-state index in [1.54, 1.807) is 0 Å². The zero-order valence-corrected chi connectivity index (χ0v) is 13.1. The summed E-state index contributed by atoms with van der Waals surface area (Å²) >= 11 is 0. The van der Waals surface area contributed by atoms with E-state index in [4.69, 9.17) is 4.55 Å². The van der Waals surface area contributed by atoms with Gasteiger partial charge in [0.2, 0.25) is 0 Å². The average molecular weight is 346 g/mol. The van der Waals surface area contributed by atoms with E-state index >= 15 is 0 Å².